The second-order valence-corrected chi connectivity index (χ2v) is 6.82. The maximum atomic E-state index is 13.1. The minimum atomic E-state index is -0.232. The van der Waals surface area contributed by atoms with E-state index in [4.69, 9.17) is 0 Å². The number of nitrogens with zero attached hydrogens (tertiary/aromatic N) is 3. The number of halogens is 1. The van der Waals surface area contributed by atoms with Gasteiger partial charge in [0, 0.05) is 50.2 Å². The van der Waals surface area contributed by atoms with E-state index in [1.54, 1.807) is 24.4 Å². The molecule has 0 aliphatic carbocycles. The maximum Gasteiger partial charge on any atom is 0.254 e. The van der Waals surface area contributed by atoms with Gasteiger partial charge in [-0.25, -0.2) is 9.37 Å². The van der Waals surface area contributed by atoms with Crippen LogP contribution in [0.1, 0.15) is 36.5 Å². The predicted molar refractivity (Wildman–Crippen MR) is 107 cm³/mol. The van der Waals surface area contributed by atoms with Crippen molar-refractivity contribution in [3.05, 3.63) is 54.0 Å². The maximum absolute atomic E-state index is 13.1. The molecule has 2 aromatic rings. The standard InChI is InChI=1S/C21H27FN4O/c1-2-3-4-10-23-20-16-17(9-11-24-20)21(27)26-14-12-25(13-15-26)19-7-5-18(22)6-8-19/h5-9,11,16H,2-4,10,12-15H2,1H3,(H,23,24). The lowest BCUT2D eigenvalue weighted by Crippen LogP contribution is -2.48. The molecule has 0 spiro atoms. The van der Waals surface area contributed by atoms with Crippen LogP contribution in [-0.2, 0) is 0 Å². The summed E-state index contributed by atoms with van der Waals surface area (Å²) in [7, 11) is 0. The molecule has 0 atom stereocenters. The van der Waals surface area contributed by atoms with Crippen LogP contribution < -0.4 is 10.2 Å². The number of aromatic nitrogens is 1. The number of hydrogen-bond acceptors (Lipinski definition) is 4. The van der Waals surface area contributed by atoms with Crippen molar-refractivity contribution in [1.29, 1.82) is 0 Å². The Hall–Kier alpha value is -2.63. The Morgan fingerprint density at radius 1 is 1.11 bits per heavy atom. The number of anilines is 2. The topological polar surface area (TPSA) is 48.5 Å². The van der Waals surface area contributed by atoms with Gasteiger partial charge in [0.05, 0.1) is 0 Å². The fraction of sp³-hybridized carbons (Fsp3) is 0.429. The van der Waals surface area contributed by atoms with E-state index >= 15 is 0 Å². The Bertz CT molecular complexity index is 742. The largest absolute Gasteiger partial charge is 0.370 e. The van der Waals surface area contributed by atoms with Crippen molar-refractivity contribution in [2.24, 2.45) is 0 Å². The van der Waals surface area contributed by atoms with Crippen molar-refractivity contribution in [1.82, 2.24) is 9.88 Å². The van der Waals surface area contributed by atoms with Gasteiger partial charge in [0.1, 0.15) is 11.6 Å². The van der Waals surface area contributed by atoms with Crippen molar-refractivity contribution < 1.29 is 9.18 Å². The molecular weight excluding hydrogens is 343 g/mol. The smallest absolute Gasteiger partial charge is 0.254 e. The van der Waals surface area contributed by atoms with Gasteiger partial charge in [0.25, 0.3) is 5.91 Å². The first-order valence-electron chi connectivity index (χ1n) is 9.67. The number of carbonyl (C=O) groups excluding carboxylic acids is 1. The normalized spacial score (nSPS) is 14.3. The van der Waals surface area contributed by atoms with Gasteiger partial charge in [-0.05, 0) is 42.8 Å². The van der Waals surface area contributed by atoms with Crippen molar-refractivity contribution in [2.75, 3.05) is 42.9 Å². The van der Waals surface area contributed by atoms with Crippen LogP contribution in [0.15, 0.2) is 42.6 Å². The zero-order chi connectivity index (χ0) is 19.1. The van der Waals surface area contributed by atoms with Gasteiger partial charge < -0.3 is 15.1 Å². The second-order valence-electron chi connectivity index (χ2n) is 6.82. The van der Waals surface area contributed by atoms with Crippen LogP contribution >= 0.6 is 0 Å². The lowest BCUT2D eigenvalue weighted by atomic mass is 10.2. The minimum Gasteiger partial charge on any atom is -0.370 e. The monoisotopic (exact) mass is 370 g/mol. The number of pyridine rings is 1. The summed E-state index contributed by atoms with van der Waals surface area (Å²) in [6.07, 6.45) is 5.15. The molecule has 5 nitrogen and oxygen atoms in total. The van der Waals surface area contributed by atoms with Crippen LogP contribution in [0.4, 0.5) is 15.9 Å². The number of unbranched alkanes of at least 4 members (excludes halogenated alkanes) is 2. The summed E-state index contributed by atoms with van der Waals surface area (Å²) >= 11 is 0. The van der Waals surface area contributed by atoms with E-state index in [0.717, 1.165) is 37.6 Å². The Kier molecular flexibility index (Phi) is 6.63. The van der Waals surface area contributed by atoms with E-state index < -0.39 is 0 Å². The summed E-state index contributed by atoms with van der Waals surface area (Å²) in [5, 5.41) is 3.29. The van der Waals surface area contributed by atoms with Gasteiger partial charge in [-0.15, -0.1) is 0 Å². The van der Waals surface area contributed by atoms with Crippen LogP contribution in [0.3, 0.4) is 0 Å². The summed E-state index contributed by atoms with van der Waals surface area (Å²) in [5.74, 6) is 0.555. The lowest BCUT2D eigenvalue weighted by Gasteiger charge is -2.36. The van der Waals surface area contributed by atoms with E-state index in [0.29, 0.717) is 18.7 Å². The Labute approximate surface area is 160 Å². The van der Waals surface area contributed by atoms with E-state index in [-0.39, 0.29) is 11.7 Å². The van der Waals surface area contributed by atoms with Gasteiger partial charge >= 0.3 is 0 Å². The molecule has 1 aromatic heterocycles. The number of carbonyl (C=O) groups is 1. The first-order valence-corrected chi connectivity index (χ1v) is 9.67. The molecule has 0 radical (unpaired) electrons. The van der Waals surface area contributed by atoms with Gasteiger partial charge in [0.15, 0.2) is 0 Å². The Morgan fingerprint density at radius 3 is 2.56 bits per heavy atom. The molecule has 3 rings (SSSR count). The molecule has 144 valence electrons. The van der Waals surface area contributed by atoms with Gasteiger partial charge in [-0.2, -0.15) is 0 Å². The highest BCUT2D eigenvalue weighted by molar-refractivity contribution is 5.95. The van der Waals surface area contributed by atoms with Crippen LogP contribution in [0.2, 0.25) is 0 Å². The Balaban J connectivity index is 1.55. The third-order valence-electron chi connectivity index (χ3n) is 4.85. The highest BCUT2D eigenvalue weighted by atomic mass is 19.1. The molecule has 1 saturated heterocycles. The number of amides is 1. The quantitative estimate of drug-likeness (QED) is 0.754. The zero-order valence-electron chi connectivity index (χ0n) is 15.8. The molecule has 27 heavy (non-hydrogen) atoms. The summed E-state index contributed by atoms with van der Waals surface area (Å²) in [4.78, 5) is 21.2. The van der Waals surface area contributed by atoms with Crippen molar-refractivity contribution in [3.63, 3.8) is 0 Å². The fourth-order valence-corrected chi connectivity index (χ4v) is 3.25. The highest BCUT2D eigenvalue weighted by Crippen LogP contribution is 2.18. The van der Waals surface area contributed by atoms with Crippen LogP contribution in [0, 0.1) is 5.82 Å². The first-order chi connectivity index (χ1) is 13.2. The Morgan fingerprint density at radius 2 is 1.85 bits per heavy atom. The highest BCUT2D eigenvalue weighted by Gasteiger charge is 2.22. The average molecular weight is 370 g/mol. The lowest BCUT2D eigenvalue weighted by molar-refractivity contribution is 0.0746. The van der Waals surface area contributed by atoms with E-state index in [1.807, 2.05) is 11.0 Å². The third-order valence-corrected chi connectivity index (χ3v) is 4.85. The molecule has 1 N–H and O–H groups in total. The van der Waals surface area contributed by atoms with Crippen LogP contribution in [0.5, 0.6) is 0 Å². The number of piperazine rings is 1. The molecule has 1 aliphatic heterocycles. The van der Waals surface area contributed by atoms with Crippen LogP contribution in [0.25, 0.3) is 0 Å². The number of nitrogens with one attached hydrogen (secondary N) is 1. The average Bonchev–Trinajstić information content (AvgIpc) is 2.72. The number of benzene rings is 1. The van der Waals surface area contributed by atoms with Gasteiger partial charge in [-0.1, -0.05) is 19.8 Å². The van der Waals surface area contributed by atoms with Gasteiger partial charge in [0.2, 0.25) is 0 Å². The van der Waals surface area contributed by atoms with Crippen LogP contribution in [-0.4, -0.2) is 48.5 Å². The molecule has 1 amide bonds. The van der Waals surface area contributed by atoms with Crippen molar-refractivity contribution in [2.45, 2.75) is 26.2 Å². The summed E-state index contributed by atoms with van der Waals surface area (Å²) in [6, 6.07) is 10.1. The molecule has 1 aliphatic rings. The second kappa shape index (κ2) is 9.35. The third kappa shape index (κ3) is 5.18. The van der Waals surface area contributed by atoms with Crippen molar-refractivity contribution in [3.8, 4) is 0 Å². The predicted octanol–water partition coefficient (Wildman–Crippen LogP) is 3.79. The molecular formula is C21H27FN4O. The summed E-state index contributed by atoms with van der Waals surface area (Å²) in [5.41, 5.74) is 1.66. The summed E-state index contributed by atoms with van der Waals surface area (Å²) in [6.45, 7) is 5.83. The first kappa shape index (κ1) is 19.1. The molecule has 2 heterocycles. The SMILES string of the molecule is CCCCCNc1cc(C(=O)N2CCN(c3ccc(F)cc3)CC2)ccn1. The van der Waals surface area contributed by atoms with Crippen molar-refractivity contribution >= 4 is 17.4 Å². The molecule has 0 saturated carbocycles. The van der Waals surface area contributed by atoms with E-state index in [2.05, 4.69) is 22.1 Å². The molecule has 1 fully saturated rings. The zero-order valence-corrected chi connectivity index (χ0v) is 15.8. The van der Waals surface area contributed by atoms with E-state index in [1.165, 1.54) is 25.0 Å². The molecule has 1 aromatic carbocycles. The summed E-state index contributed by atoms with van der Waals surface area (Å²) < 4.78 is 13.1. The number of hydrogen-bond donors (Lipinski definition) is 1. The molecule has 0 unspecified atom stereocenters. The molecule has 6 heteroatoms. The van der Waals surface area contributed by atoms with E-state index in [9.17, 15) is 9.18 Å². The minimum absolute atomic E-state index is 0.0350. The fourth-order valence-electron chi connectivity index (χ4n) is 3.25. The molecule has 0 bridgehead atoms. The number of rotatable bonds is 7. The van der Waals surface area contributed by atoms with Gasteiger partial charge in [-0.3, -0.25) is 4.79 Å².